The molecule has 6 N–H and O–H groups in total. The maximum atomic E-state index is 13.5. The highest BCUT2D eigenvalue weighted by Gasteiger charge is 2.60. The molecule has 1 unspecified atom stereocenters. The van der Waals surface area contributed by atoms with E-state index in [2.05, 4.69) is 21.9 Å². The zero-order valence-corrected chi connectivity index (χ0v) is 17.8. The number of imidazole rings is 1. The van der Waals surface area contributed by atoms with Crippen LogP contribution in [0.25, 0.3) is 16.9 Å². The van der Waals surface area contributed by atoms with E-state index in [4.69, 9.17) is 11.5 Å². The van der Waals surface area contributed by atoms with Crippen molar-refractivity contribution < 1.29 is 32.3 Å². The quantitative estimate of drug-likeness (QED) is 0.381. The Morgan fingerprint density at radius 3 is 2.56 bits per heavy atom. The van der Waals surface area contributed by atoms with Gasteiger partial charge in [0.2, 0.25) is 0 Å². The first-order valence-corrected chi connectivity index (χ1v) is 9.73. The second kappa shape index (κ2) is 8.74. The molecule has 2 aromatic heterocycles. The van der Waals surface area contributed by atoms with E-state index in [1.807, 2.05) is 0 Å². The van der Waals surface area contributed by atoms with E-state index in [-0.39, 0.29) is 41.4 Å². The van der Waals surface area contributed by atoms with Crippen molar-refractivity contribution in [3.05, 3.63) is 59.8 Å². The molecule has 0 spiro atoms. The van der Waals surface area contributed by atoms with Crippen LogP contribution in [0.1, 0.15) is 28.0 Å². The number of hydrogen-bond donors (Lipinski definition) is 4. The van der Waals surface area contributed by atoms with Crippen LogP contribution in [0.2, 0.25) is 0 Å². The number of nitrogens with zero attached hydrogens (tertiary/aromatic N) is 3. The lowest BCUT2D eigenvalue weighted by Gasteiger charge is -2.28. The van der Waals surface area contributed by atoms with Gasteiger partial charge >= 0.3 is 6.18 Å². The van der Waals surface area contributed by atoms with E-state index in [0.29, 0.717) is 5.56 Å². The van der Waals surface area contributed by atoms with Crippen LogP contribution in [0.3, 0.4) is 0 Å². The fourth-order valence-corrected chi connectivity index (χ4v) is 3.29. The van der Waals surface area contributed by atoms with Crippen molar-refractivity contribution in [1.29, 1.82) is 0 Å². The molecular formula is C21H20F4N6O3. The predicted molar refractivity (Wildman–Crippen MR) is 114 cm³/mol. The van der Waals surface area contributed by atoms with Gasteiger partial charge in [0.15, 0.2) is 11.5 Å². The number of anilines is 1. The van der Waals surface area contributed by atoms with Gasteiger partial charge in [-0.1, -0.05) is 18.7 Å². The number of amides is 2. The average molecular weight is 480 g/mol. The number of rotatable bonds is 7. The van der Waals surface area contributed by atoms with Crippen molar-refractivity contribution in [2.75, 3.05) is 12.3 Å². The lowest BCUT2D eigenvalue weighted by molar-refractivity contribution is -0.255. The molecule has 0 fully saturated rings. The van der Waals surface area contributed by atoms with E-state index >= 15 is 0 Å². The van der Waals surface area contributed by atoms with Crippen molar-refractivity contribution in [2.45, 2.75) is 25.1 Å². The number of halogens is 4. The molecule has 34 heavy (non-hydrogen) atoms. The molecule has 0 aliphatic carbocycles. The number of alkyl halides is 3. The number of nitrogens with two attached hydrogens (primary N) is 2. The van der Waals surface area contributed by atoms with Crippen LogP contribution >= 0.6 is 0 Å². The van der Waals surface area contributed by atoms with Crippen molar-refractivity contribution in [3.8, 4) is 11.3 Å². The summed E-state index contributed by atoms with van der Waals surface area (Å²) in [4.78, 5) is 32.1. The third-order valence-electron chi connectivity index (χ3n) is 5.13. The molecule has 2 heterocycles. The molecule has 3 rings (SSSR count). The zero-order chi connectivity index (χ0) is 25.4. The lowest BCUT2D eigenvalue weighted by atomic mass is 9.89. The first-order valence-electron chi connectivity index (χ1n) is 9.73. The van der Waals surface area contributed by atoms with Gasteiger partial charge in [-0.05, 0) is 18.6 Å². The van der Waals surface area contributed by atoms with Gasteiger partial charge in [0.1, 0.15) is 5.69 Å². The summed E-state index contributed by atoms with van der Waals surface area (Å²) in [6, 6.07) is 3.17. The smallest absolute Gasteiger partial charge is 0.381 e. The third kappa shape index (κ3) is 4.29. The highest BCUT2D eigenvalue weighted by Crippen LogP contribution is 2.40. The first-order chi connectivity index (χ1) is 15.8. The van der Waals surface area contributed by atoms with E-state index in [9.17, 15) is 32.3 Å². The lowest BCUT2D eigenvalue weighted by Crippen LogP contribution is -2.52. The first kappa shape index (κ1) is 24.6. The van der Waals surface area contributed by atoms with Gasteiger partial charge in [0.25, 0.3) is 17.4 Å². The Bertz CT molecular complexity index is 1300. The molecule has 0 radical (unpaired) electrons. The maximum absolute atomic E-state index is 13.5. The molecule has 13 heteroatoms. The standard InChI is InChI=1S/C21H20F4N6O3/c1-10-3-4-12(20(34,19(27)33)21(23,24)25)7-13(10)15-8-29-17-16(26)30-14(9-31(15)17)18(32)28-6-5-11(2)22/h3-4,7-9,34H,2,5-6H2,1H3,(H2,26,30)(H2,27,33)(H,28,32). The summed E-state index contributed by atoms with van der Waals surface area (Å²) in [6.07, 6.45) is -2.95. The molecule has 0 bridgehead atoms. The number of fused-ring (bicyclic) bond motifs is 1. The maximum Gasteiger partial charge on any atom is 0.430 e. The normalized spacial score (nSPS) is 13.5. The minimum Gasteiger partial charge on any atom is -0.381 e. The second-order valence-corrected chi connectivity index (χ2v) is 7.47. The SMILES string of the molecule is C=C(F)CCNC(=O)c1cn2c(-c3cc(C(O)(C(N)=O)C(F)(F)F)ccc3C)cnc2c(N)n1. The summed E-state index contributed by atoms with van der Waals surface area (Å²) >= 11 is 0. The Balaban J connectivity index is 2.13. The second-order valence-electron chi connectivity index (χ2n) is 7.47. The van der Waals surface area contributed by atoms with E-state index in [1.54, 1.807) is 6.92 Å². The molecule has 0 saturated carbocycles. The number of aryl methyl sites for hydroxylation is 1. The van der Waals surface area contributed by atoms with E-state index in [1.165, 1.54) is 22.9 Å². The van der Waals surface area contributed by atoms with Crippen LogP contribution in [-0.4, -0.2) is 44.0 Å². The molecule has 0 aliphatic rings. The number of nitrogen functional groups attached to an aromatic ring is 1. The Hall–Kier alpha value is -4.00. The average Bonchev–Trinajstić information content (AvgIpc) is 3.16. The minimum absolute atomic E-state index is 0.0468. The fourth-order valence-electron chi connectivity index (χ4n) is 3.29. The third-order valence-corrected chi connectivity index (χ3v) is 5.13. The van der Waals surface area contributed by atoms with Gasteiger partial charge in [0, 0.05) is 30.3 Å². The molecule has 9 nitrogen and oxygen atoms in total. The molecule has 0 saturated heterocycles. The fraction of sp³-hybridized carbons (Fsp3) is 0.238. The van der Waals surface area contributed by atoms with Crippen LogP contribution in [0.5, 0.6) is 0 Å². The summed E-state index contributed by atoms with van der Waals surface area (Å²) in [5.41, 5.74) is 6.82. The van der Waals surface area contributed by atoms with Crippen LogP contribution < -0.4 is 16.8 Å². The molecule has 3 aromatic rings. The molecule has 1 aromatic carbocycles. The highest BCUT2D eigenvalue weighted by atomic mass is 19.4. The van der Waals surface area contributed by atoms with Gasteiger partial charge in [-0.25, -0.2) is 14.4 Å². The number of benzene rings is 1. The van der Waals surface area contributed by atoms with Crippen LogP contribution in [0.15, 0.2) is 43.0 Å². The molecule has 1 atom stereocenters. The molecule has 180 valence electrons. The topological polar surface area (TPSA) is 149 Å². The van der Waals surface area contributed by atoms with Crippen LogP contribution in [-0.2, 0) is 10.4 Å². The van der Waals surface area contributed by atoms with Crippen LogP contribution in [0.4, 0.5) is 23.4 Å². The van der Waals surface area contributed by atoms with Crippen molar-refractivity contribution >= 4 is 23.3 Å². The van der Waals surface area contributed by atoms with Crippen molar-refractivity contribution in [2.24, 2.45) is 5.73 Å². The number of aromatic nitrogens is 3. The van der Waals surface area contributed by atoms with Gasteiger partial charge in [-0.3, -0.25) is 14.0 Å². The molecule has 0 aliphatic heterocycles. The van der Waals surface area contributed by atoms with Crippen molar-refractivity contribution in [1.82, 2.24) is 19.7 Å². The Kier molecular flexibility index (Phi) is 6.33. The van der Waals surface area contributed by atoms with Gasteiger partial charge in [-0.15, -0.1) is 0 Å². The molecular weight excluding hydrogens is 460 g/mol. The minimum atomic E-state index is -5.38. The van der Waals surface area contributed by atoms with E-state index in [0.717, 1.165) is 12.1 Å². The summed E-state index contributed by atoms with van der Waals surface area (Å²) in [5.74, 6) is -3.44. The summed E-state index contributed by atoms with van der Waals surface area (Å²) in [5, 5.41) is 12.6. The summed E-state index contributed by atoms with van der Waals surface area (Å²) in [7, 11) is 0. The number of carbonyl (C=O) groups is 2. The number of nitrogens with one attached hydrogen (secondary N) is 1. The monoisotopic (exact) mass is 480 g/mol. The molecule has 2 amide bonds. The largest absolute Gasteiger partial charge is 0.430 e. The highest BCUT2D eigenvalue weighted by molar-refractivity contribution is 5.93. The van der Waals surface area contributed by atoms with Crippen molar-refractivity contribution in [3.63, 3.8) is 0 Å². The van der Waals surface area contributed by atoms with Gasteiger partial charge in [0.05, 0.1) is 17.7 Å². The zero-order valence-electron chi connectivity index (χ0n) is 17.8. The number of primary amides is 1. The van der Waals surface area contributed by atoms with Gasteiger partial charge < -0.3 is 21.9 Å². The summed E-state index contributed by atoms with van der Waals surface area (Å²) < 4.78 is 54.8. The Labute approximate surface area is 190 Å². The number of carbonyl (C=O) groups excluding carboxylic acids is 2. The summed E-state index contributed by atoms with van der Waals surface area (Å²) in [6.45, 7) is 4.63. The number of hydrogen-bond acceptors (Lipinski definition) is 6. The van der Waals surface area contributed by atoms with Crippen LogP contribution in [0, 0.1) is 6.92 Å². The Morgan fingerprint density at radius 2 is 1.97 bits per heavy atom. The Morgan fingerprint density at radius 1 is 1.29 bits per heavy atom. The predicted octanol–water partition coefficient (Wildman–Crippen LogP) is 2.13. The number of aliphatic hydroxyl groups is 1. The van der Waals surface area contributed by atoms with E-state index < -0.39 is 35.0 Å². The van der Waals surface area contributed by atoms with Gasteiger partial charge in [-0.2, -0.15) is 13.2 Å².